The molecule has 0 fully saturated rings. The fourth-order valence-electron chi connectivity index (χ4n) is 4.61. The predicted molar refractivity (Wildman–Crippen MR) is 165 cm³/mol. The molecule has 0 spiro atoms. The summed E-state index contributed by atoms with van der Waals surface area (Å²) in [6.45, 7) is 4.37. The second-order valence-electron chi connectivity index (χ2n) is 9.84. The Morgan fingerprint density at radius 3 is 2.50 bits per heavy atom. The largest absolute Gasteiger partial charge is 0.486 e. The van der Waals surface area contributed by atoms with Gasteiger partial charge in [0.15, 0.2) is 17.3 Å². The maximum Gasteiger partial charge on any atom is 0.343 e. The zero-order valence-electron chi connectivity index (χ0n) is 23.7. The second kappa shape index (κ2) is 12.5. The molecule has 0 atom stereocenters. The molecule has 6 rings (SSSR count). The van der Waals surface area contributed by atoms with E-state index in [0.29, 0.717) is 34.1 Å². The summed E-state index contributed by atoms with van der Waals surface area (Å²) < 4.78 is 30.6. The van der Waals surface area contributed by atoms with E-state index in [1.807, 2.05) is 24.3 Å². The molecule has 1 aliphatic rings. The fourth-order valence-corrected chi connectivity index (χ4v) is 4.99. The molecule has 10 nitrogen and oxygen atoms in total. The van der Waals surface area contributed by atoms with Crippen LogP contribution in [-0.2, 0) is 6.61 Å². The normalized spacial score (nSPS) is 12.0. The topological polar surface area (TPSA) is 114 Å². The minimum absolute atomic E-state index is 0.0679. The Balaban J connectivity index is 1.05. The number of esters is 1. The van der Waals surface area contributed by atoms with Gasteiger partial charge in [-0.25, -0.2) is 10.2 Å². The van der Waals surface area contributed by atoms with Crippen LogP contribution < -0.4 is 24.4 Å². The molecule has 2 aromatic heterocycles. The van der Waals surface area contributed by atoms with Gasteiger partial charge in [-0.15, -0.1) is 0 Å². The van der Waals surface area contributed by atoms with Crippen LogP contribution in [0.5, 0.6) is 23.0 Å². The summed E-state index contributed by atoms with van der Waals surface area (Å²) in [5.41, 5.74) is 6.54. The van der Waals surface area contributed by atoms with Crippen molar-refractivity contribution in [2.45, 2.75) is 20.5 Å². The van der Waals surface area contributed by atoms with Crippen molar-refractivity contribution >= 4 is 34.0 Å². The molecule has 3 heterocycles. The molecule has 0 saturated carbocycles. The number of rotatable bonds is 9. The van der Waals surface area contributed by atoms with Gasteiger partial charge >= 0.3 is 11.9 Å². The average Bonchev–Trinajstić information content (AvgIpc) is 3.77. The lowest BCUT2D eigenvalue weighted by molar-refractivity contribution is 0.0733. The molecule has 11 heteroatoms. The first-order valence-electron chi connectivity index (χ1n) is 13.6. The predicted octanol–water partition coefficient (Wildman–Crippen LogP) is 6.74. The van der Waals surface area contributed by atoms with E-state index < -0.39 is 11.9 Å². The number of fused-ring (bicyclic) bond motifs is 1. The van der Waals surface area contributed by atoms with Crippen LogP contribution in [0.15, 0.2) is 98.9 Å². The lowest BCUT2D eigenvalue weighted by Gasteiger charge is -2.10. The number of aryl methyl sites for hydroxylation is 2. The second-order valence-corrected chi connectivity index (χ2v) is 10.8. The van der Waals surface area contributed by atoms with Gasteiger partial charge in [0.05, 0.1) is 11.8 Å². The molecular formula is C33H26BrN3O7. The number of aromatic nitrogens is 1. The molecule has 44 heavy (non-hydrogen) atoms. The van der Waals surface area contributed by atoms with Crippen molar-refractivity contribution < 1.29 is 33.0 Å². The number of furan rings is 1. The number of carbonyl (C=O) groups is 2. The van der Waals surface area contributed by atoms with Gasteiger partial charge in [0, 0.05) is 27.1 Å². The quantitative estimate of drug-likeness (QED) is 0.0809. The third kappa shape index (κ3) is 6.37. The van der Waals surface area contributed by atoms with Gasteiger partial charge < -0.3 is 27.9 Å². The van der Waals surface area contributed by atoms with Gasteiger partial charge in [0.2, 0.25) is 6.79 Å². The molecule has 0 bridgehead atoms. The Morgan fingerprint density at radius 2 is 1.70 bits per heavy atom. The van der Waals surface area contributed by atoms with Gasteiger partial charge in [-0.2, -0.15) is 5.10 Å². The van der Waals surface area contributed by atoms with Crippen molar-refractivity contribution in [1.29, 1.82) is 0 Å². The van der Waals surface area contributed by atoms with Crippen molar-refractivity contribution in [3.8, 4) is 28.7 Å². The van der Waals surface area contributed by atoms with Crippen LogP contribution in [0.4, 0.5) is 0 Å². The molecule has 3 aromatic carbocycles. The molecule has 0 radical (unpaired) electrons. The molecule has 0 unspecified atom stereocenters. The first-order chi connectivity index (χ1) is 21.3. The molecular weight excluding hydrogens is 630 g/mol. The number of halogens is 1. The van der Waals surface area contributed by atoms with Crippen molar-refractivity contribution in [1.82, 2.24) is 9.99 Å². The Kier molecular flexibility index (Phi) is 8.20. The lowest BCUT2D eigenvalue weighted by atomic mass is 10.2. The van der Waals surface area contributed by atoms with Gasteiger partial charge in [0.25, 0.3) is 0 Å². The van der Waals surface area contributed by atoms with Crippen molar-refractivity contribution in [3.05, 3.63) is 123 Å². The highest BCUT2D eigenvalue weighted by atomic mass is 79.9. The number of hydrazone groups is 1. The third-order valence-corrected chi connectivity index (χ3v) is 7.28. The number of nitrogens with zero attached hydrogens (tertiary/aromatic N) is 2. The number of hydrogen-bond acceptors (Lipinski definition) is 8. The maximum atomic E-state index is 12.8. The summed E-state index contributed by atoms with van der Waals surface area (Å²) in [5, 5.41) is 4.02. The highest BCUT2D eigenvalue weighted by Gasteiger charge is 2.18. The molecule has 1 aliphatic heterocycles. The van der Waals surface area contributed by atoms with Crippen molar-refractivity contribution in [2.24, 2.45) is 5.10 Å². The Morgan fingerprint density at radius 1 is 0.932 bits per heavy atom. The van der Waals surface area contributed by atoms with Crippen molar-refractivity contribution in [2.75, 3.05) is 6.79 Å². The van der Waals surface area contributed by atoms with Gasteiger partial charge in [0.1, 0.15) is 23.9 Å². The maximum absolute atomic E-state index is 12.8. The number of amides is 1. The van der Waals surface area contributed by atoms with E-state index in [0.717, 1.165) is 21.5 Å². The smallest absolute Gasteiger partial charge is 0.343 e. The number of ether oxygens (including phenoxy) is 4. The minimum atomic E-state index is -0.586. The number of hydrogen-bond donors (Lipinski definition) is 1. The summed E-state index contributed by atoms with van der Waals surface area (Å²) in [4.78, 5) is 25.4. The van der Waals surface area contributed by atoms with Crippen LogP contribution in [-0.4, -0.2) is 29.5 Å². The number of carbonyl (C=O) groups excluding carboxylic acids is 2. The Bertz CT molecular complexity index is 1860. The highest BCUT2D eigenvalue weighted by Crippen LogP contribution is 2.33. The summed E-state index contributed by atoms with van der Waals surface area (Å²) in [7, 11) is 0. The van der Waals surface area contributed by atoms with E-state index in [-0.39, 0.29) is 24.9 Å². The van der Waals surface area contributed by atoms with E-state index in [1.165, 1.54) is 6.21 Å². The third-order valence-electron chi connectivity index (χ3n) is 6.79. The Hall–Kier alpha value is -5.29. The first-order valence-corrected chi connectivity index (χ1v) is 14.3. The molecule has 1 N–H and O–H groups in total. The summed E-state index contributed by atoms with van der Waals surface area (Å²) in [6, 6.07) is 25.0. The van der Waals surface area contributed by atoms with Crippen molar-refractivity contribution in [3.63, 3.8) is 0 Å². The minimum Gasteiger partial charge on any atom is -0.486 e. The number of nitrogens with one attached hydrogen (secondary N) is 1. The van der Waals surface area contributed by atoms with Crippen LogP contribution in [0.25, 0.3) is 5.69 Å². The summed E-state index contributed by atoms with van der Waals surface area (Å²) in [6.07, 6.45) is 1.37. The zero-order chi connectivity index (χ0) is 30.6. The monoisotopic (exact) mass is 655 g/mol. The number of benzene rings is 3. The van der Waals surface area contributed by atoms with E-state index in [9.17, 15) is 9.59 Å². The Labute approximate surface area is 260 Å². The SMILES string of the molecule is Cc1ccc(C)n1-c1ccc(OCc2ccc(C(=O)N/N=C\c3cc(Br)ccc3OC(=O)c3ccc4c(c3)OCO4)o2)cc1. The molecule has 222 valence electrons. The van der Waals surface area contributed by atoms with Crippen LogP contribution >= 0.6 is 15.9 Å². The van der Waals surface area contributed by atoms with E-state index >= 15 is 0 Å². The average molecular weight is 656 g/mol. The van der Waals surface area contributed by atoms with Gasteiger partial charge in [-0.1, -0.05) is 15.9 Å². The van der Waals surface area contributed by atoms with Crippen LogP contribution in [0.1, 0.15) is 43.6 Å². The van der Waals surface area contributed by atoms with Gasteiger partial charge in [-0.05, 0) is 98.8 Å². The molecule has 1 amide bonds. The summed E-state index contributed by atoms with van der Waals surface area (Å²) in [5.74, 6) is 1.36. The standard InChI is InChI=1S/C33H26BrN3O7/c1-20-3-4-21(2)37(20)25-7-9-26(10-8-25)40-18-27-11-14-30(43-27)32(38)36-35-17-23-15-24(34)6-13-28(23)44-33(39)22-5-12-29-31(16-22)42-19-41-29/h3-17H,18-19H2,1-2H3,(H,36,38)/b35-17-. The molecule has 5 aromatic rings. The van der Waals surface area contributed by atoms with E-state index in [2.05, 4.69) is 57.0 Å². The fraction of sp³-hybridized carbons (Fsp3) is 0.121. The summed E-state index contributed by atoms with van der Waals surface area (Å²) >= 11 is 3.40. The van der Waals surface area contributed by atoms with Crippen LogP contribution in [0.2, 0.25) is 0 Å². The lowest BCUT2D eigenvalue weighted by Crippen LogP contribution is -2.17. The van der Waals surface area contributed by atoms with Crippen LogP contribution in [0.3, 0.4) is 0 Å². The van der Waals surface area contributed by atoms with E-state index in [4.69, 9.17) is 23.4 Å². The molecule has 0 aliphatic carbocycles. The first kappa shape index (κ1) is 28.8. The molecule has 0 saturated heterocycles. The zero-order valence-corrected chi connectivity index (χ0v) is 25.3. The highest BCUT2D eigenvalue weighted by molar-refractivity contribution is 9.10. The van der Waals surface area contributed by atoms with Gasteiger partial charge in [-0.3, -0.25) is 4.79 Å². The van der Waals surface area contributed by atoms with Crippen LogP contribution in [0, 0.1) is 13.8 Å². The van der Waals surface area contributed by atoms with E-state index in [1.54, 1.807) is 48.5 Å².